The molecule has 0 spiro atoms. The number of benzene rings is 2. The molecule has 0 atom stereocenters. The number of ether oxygens (including phenoxy) is 1. The number of H-pyrrole nitrogens is 1. The summed E-state index contributed by atoms with van der Waals surface area (Å²) in [6.45, 7) is 1.99. The van der Waals surface area contributed by atoms with Crippen molar-refractivity contribution in [2.45, 2.75) is 6.92 Å². The Kier molecular flexibility index (Phi) is 4.57. The van der Waals surface area contributed by atoms with Gasteiger partial charge in [-0.1, -0.05) is 60.7 Å². The molecular weight excluding hydrogens is 302 g/mol. The summed E-state index contributed by atoms with van der Waals surface area (Å²) in [4.78, 5) is 27.9. The highest BCUT2D eigenvalue weighted by molar-refractivity contribution is 5.98. The molecule has 120 valence electrons. The van der Waals surface area contributed by atoms with Gasteiger partial charge >= 0.3 is 5.97 Å². The van der Waals surface area contributed by atoms with Gasteiger partial charge in [0.15, 0.2) is 0 Å². The molecule has 4 nitrogen and oxygen atoms in total. The van der Waals surface area contributed by atoms with Crippen LogP contribution in [0, 0.1) is 0 Å². The molecule has 3 aromatic rings. The predicted octanol–water partition coefficient (Wildman–Crippen LogP) is 3.89. The Bertz CT molecular complexity index is 899. The first-order chi connectivity index (χ1) is 11.7. The molecule has 0 aliphatic heterocycles. The van der Waals surface area contributed by atoms with Gasteiger partial charge in [0.25, 0.3) is 5.56 Å². The van der Waals surface area contributed by atoms with E-state index in [2.05, 4.69) is 4.98 Å². The molecule has 0 aliphatic rings. The van der Waals surface area contributed by atoms with E-state index in [1.165, 1.54) is 0 Å². The topological polar surface area (TPSA) is 59.2 Å². The summed E-state index contributed by atoms with van der Waals surface area (Å²) in [5.74, 6) is -0.500. The van der Waals surface area contributed by atoms with Gasteiger partial charge < -0.3 is 9.72 Å². The number of pyridine rings is 1. The number of esters is 1. The minimum absolute atomic E-state index is 0.251. The molecular formula is C20H17NO3. The van der Waals surface area contributed by atoms with E-state index in [4.69, 9.17) is 4.74 Å². The second-order valence-electron chi connectivity index (χ2n) is 5.25. The Balaban J connectivity index is 2.23. The van der Waals surface area contributed by atoms with Crippen LogP contribution in [0.1, 0.15) is 17.3 Å². The van der Waals surface area contributed by atoms with Crippen molar-refractivity contribution >= 4 is 5.97 Å². The Morgan fingerprint density at radius 1 is 0.958 bits per heavy atom. The number of aromatic nitrogens is 1. The van der Waals surface area contributed by atoms with Crippen LogP contribution >= 0.6 is 0 Å². The average molecular weight is 319 g/mol. The predicted molar refractivity (Wildman–Crippen MR) is 93.9 cm³/mol. The van der Waals surface area contributed by atoms with Crippen molar-refractivity contribution in [3.63, 3.8) is 0 Å². The van der Waals surface area contributed by atoms with E-state index < -0.39 is 5.97 Å². The summed E-state index contributed by atoms with van der Waals surface area (Å²) in [6, 6.07) is 20.2. The molecule has 0 fully saturated rings. The number of carbonyl (C=O) groups excluding carboxylic acids is 1. The molecule has 0 bridgehead atoms. The van der Waals surface area contributed by atoms with E-state index in [9.17, 15) is 9.59 Å². The maximum atomic E-state index is 12.7. The van der Waals surface area contributed by atoms with Crippen LogP contribution in [0.2, 0.25) is 0 Å². The van der Waals surface area contributed by atoms with Crippen molar-refractivity contribution in [2.24, 2.45) is 0 Å². The lowest BCUT2D eigenvalue weighted by atomic mass is 9.99. The maximum Gasteiger partial charge on any atom is 0.339 e. The van der Waals surface area contributed by atoms with Crippen molar-refractivity contribution in [1.82, 2.24) is 4.98 Å². The molecule has 0 radical (unpaired) electrons. The zero-order valence-corrected chi connectivity index (χ0v) is 13.3. The second-order valence-corrected chi connectivity index (χ2v) is 5.25. The maximum absolute atomic E-state index is 12.7. The number of nitrogens with one attached hydrogen (secondary N) is 1. The van der Waals surface area contributed by atoms with Gasteiger partial charge in [0.1, 0.15) is 0 Å². The Morgan fingerprint density at radius 2 is 1.54 bits per heavy atom. The van der Waals surface area contributed by atoms with Crippen LogP contribution in [0.25, 0.3) is 22.4 Å². The average Bonchev–Trinajstić information content (AvgIpc) is 2.62. The van der Waals surface area contributed by atoms with E-state index in [0.29, 0.717) is 16.8 Å². The molecule has 2 aromatic carbocycles. The van der Waals surface area contributed by atoms with Crippen molar-refractivity contribution in [3.8, 4) is 22.4 Å². The van der Waals surface area contributed by atoms with Crippen LogP contribution in [-0.4, -0.2) is 17.6 Å². The lowest BCUT2D eigenvalue weighted by Crippen LogP contribution is -2.17. The van der Waals surface area contributed by atoms with Crippen LogP contribution in [0.5, 0.6) is 0 Å². The molecule has 0 unspecified atom stereocenters. The molecule has 3 rings (SSSR count). The first-order valence-corrected chi connectivity index (χ1v) is 7.76. The second kappa shape index (κ2) is 6.96. The SMILES string of the molecule is CCOC(=O)c1cc(-c2ccccc2)[nH]c(=O)c1-c1ccccc1. The van der Waals surface area contributed by atoms with Gasteiger partial charge in [0.2, 0.25) is 0 Å². The summed E-state index contributed by atoms with van der Waals surface area (Å²) in [5, 5.41) is 0. The van der Waals surface area contributed by atoms with Crippen molar-refractivity contribution in [2.75, 3.05) is 6.61 Å². The number of rotatable bonds is 4. The van der Waals surface area contributed by atoms with E-state index in [1.54, 1.807) is 25.1 Å². The molecule has 24 heavy (non-hydrogen) atoms. The van der Waals surface area contributed by atoms with Gasteiger partial charge in [-0.2, -0.15) is 0 Å². The molecule has 0 saturated heterocycles. The summed E-state index contributed by atoms with van der Waals surface area (Å²) >= 11 is 0. The minimum Gasteiger partial charge on any atom is -0.462 e. The molecule has 0 saturated carbocycles. The molecule has 4 heteroatoms. The first-order valence-electron chi connectivity index (χ1n) is 7.76. The minimum atomic E-state index is -0.500. The van der Waals surface area contributed by atoms with Gasteiger partial charge in [-0.3, -0.25) is 4.79 Å². The summed E-state index contributed by atoms with van der Waals surface area (Å²) in [5.41, 5.74) is 2.38. The largest absolute Gasteiger partial charge is 0.462 e. The zero-order chi connectivity index (χ0) is 16.9. The van der Waals surface area contributed by atoms with Gasteiger partial charge in [0, 0.05) is 5.69 Å². The standard InChI is InChI=1S/C20H17NO3/c1-2-24-20(23)16-13-17(14-9-5-3-6-10-14)21-19(22)18(16)15-11-7-4-8-12-15/h3-13H,2H2,1H3,(H,21,22). The third kappa shape index (κ3) is 3.13. The van der Waals surface area contributed by atoms with Gasteiger partial charge in [-0.25, -0.2) is 4.79 Å². The van der Waals surface area contributed by atoms with E-state index in [-0.39, 0.29) is 17.7 Å². The first kappa shape index (κ1) is 15.7. The number of carbonyl (C=O) groups is 1. The van der Waals surface area contributed by atoms with E-state index >= 15 is 0 Å². The van der Waals surface area contributed by atoms with Crippen molar-refractivity contribution in [1.29, 1.82) is 0 Å². The molecule has 1 heterocycles. The lowest BCUT2D eigenvalue weighted by Gasteiger charge is -2.11. The van der Waals surface area contributed by atoms with Crippen LogP contribution in [0.4, 0.5) is 0 Å². The Morgan fingerprint density at radius 3 is 2.12 bits per heavy atom. The molecule has 1 aromatic heterocycles. The monoisotopic (exact) mass is 319 g/mol. The molecule has 0 amide bonds. The van der Waals surface area contributed by atoms with E-state index in [1.807, 2.05) is 48.5 Å². The fourth-order valence-corrected chi connectivity index (χ4v) is 2.59. The number of aromatic amines is 1. The van der Waals surface area contributed by atoms with E-state index in [0.717, 1.165) is 5.56 Å². The normalized spacial score (nSPS) is 10.4. The summed E-state index contributed by atoms with van der Waals surface area (Å²) in [6.07, 6.45) is 0. The highest BCUT2D eigenvalue weighted by atomic mass is 16.5. The third-order valence-electron chi connectivity index (χ3n) is 3.68. The highest BCUT2D eigenvalue weighted by Crippen LogP contribution is 2.24. The van der Waals surface area contributed by atoms with Crippen LogP contribution in [0.15, 0.2) is 71.5 Å². The van der Waals surface area contributed by atoms with Crippen LogP contribution in [0.3, 0.4) is 0 Å². The number of hydrogen-bond donors (Lipinski definition) is 1. The fourth-order valence-electron chi connectivity index (χ4n) is 2.59. The molecule has 1 N–H and O–H groups in total. The van der Waals surface area contributed by atoms with Crippen LogP contribution < -0.4 is 5.56 Å². The fraction of sp³-hybridized carbons (Fsp3) is 0.100. The Labute approximate surface area is 139 Å². The highest BCUT2D eigenvalue weighted by Gasteiger charge is 2.19. The Hall–Kier alpha value is -3.14. The smallest absolute Gasteiger partial charge is 0.339 e. The van der Waals surface area contributed by atoms with Crippen LogP contribution in [-0.2, 0) is 4.74 Å². The van der Waals surface area contributed by atoms with Crippen molar-refractivity contribution in [3.05, 3.63) is 82.6 Å². The van der Waals surface area contributed by atoms with Gasteiger partial charge in [-0.15, -0.1) is 0 Å². The zero-order valence-electron chi connectivity index (χ0n) is 13.3. The number of hydrogen-bond acceptors (Lipinski definition) is 3. The van der Waals surface area contributed by atoms with Gasteiger partial charge in [0.05, 0.1) is 17.7 Å². The summed E-state index contributed by atoms with van der Waals surface area (Å²) in [7, 11) is 0. The van der Waals surface area contributed by atoms with Gasteiger partial charge in [-0.05, 0) is 24.1 Å². The summed E-state index contributed by atoms with van der Waals surface area (Å²) < 4.78 is 5.14. The van der Waals surface area contributed by atoms with Crippen molar-refractivity contribution < 1.29 is 9.53 Å². The molecule has 0 aliphatic carbocycles. The third-order valence-corrected chi connectivity index (χ3v) is 3.68. The quantitative estimate of drug-likeness (QED) is 0.742. The lowest BCUT2D eigenvalue weighted by molar-refractivity contribution is 0.0527.